The number of hydrogen-bond acceptors (Lipinski definition) is 4. The van der Waals surface area contributed by atoms with Crippen molar-refractivity contribution in [2.45, 2.75) is 32.3 Å². The number of nitrogens with two attached hydrogens (primary N) is 1. The first-order chi connectivity index (χ1) is 9.33. The Kier molecular flexibility index (Phi) is 3.71. The first-order valence-corrected chi connectivity index (χ1v) is 7.73. The van der Waals surface area contributed by atoms with Crippen LogP contribution in [-0.4, -0.2) is 18.0 Å². The molecule has 0 aliphatic rings. The molecular weight excluding hydrogens is 276 g/mol. The number of sulfonamides is 1. The molecule has 0 spiro atoms. The standard InChI is InChI=1S/C13H18N4O2S/c1-4-17-7-12(15-8-17)20(18,19)16-13-9(2)5-11(14)6-10(13)3/h5-8,16H,4,14H2,1-3H3. The molecule has 1 heterocycles. The van der Waals surface area contributed by atoms with Crippen molar-refractivity contribution in [2.24, 2.45) is 0 Å². The number of nitrogens with zero attached hydrogens (tertiary/aromatic N) is 2. The largest absolute Gasteiger partial charge is 0.399 e. The third-order valence-electron chi connectivity index (χ3n) is 3.04. The summed E-state index contributed by atoms with van der Waals surface area (Å²) in [6, 6.07) is 3.46. The van der Waals surface area contributed by atoms with E-state index in [0.717, 1.165) is 11.1 Å². The quantitative estimate of drug-likeness (QED) is 0.843. The van der Waals surface area contributed by atoms with Crippen LogP contribution in [0.3, 0.4) is 0 Å². The van der Waals surface area contributed by atoms with Gasteiger partial charge >= 0.3 is 0 Å². The molecule has 20 heavy (non-hydrogen) atoms. The van der Waals surface area contributed by atoms with Crippen LogP contribution in [0.1, 0.15) is 18.1 Å². The van der Waals surface area contributed by atoms with E-state index >= 15 is 0 Å². The average Bonchev–Trinajstić information content (AvgIpc) is 2.83. The molecule has 0 aliphatic heterocycles. The molecule has 3 N–H and O–H groups in total. The van der Waals surface area contributed by atoms with Crippen LogP contribution in [0.5, 0.6) is 0 Å². The summed E-state index contributed by atoms with van der Waals surface area (Å²) in [5.41, 5.74) is 8.45. The lowest BCUT2D eigenvalue weighted by molar-refractivity contribution is 0.598. The van der Waals surface area contributed by atoms with Gasteiger partial charge in [-0.25, -0.2) is 4.98 Å². The molecule has 108 valence electrons. The van der Waals surface area contributed by atoms with Gasteiger partial charge in [-0.15, -0.1) is 0 Å². The number of benzene rings is 1. The SMILES string of the molecule is CCn1cnc(S(=O)(=O)Nc2c(C)cc(N)cc2C)c1. The van der Waals surface area contributed by atoms with Crippen molar-refractivity contribution in [1.82, 2.24) is 9.55 Å². The molecule has 6 nitrogen and oxygen atoms in total. The van der Waals surface area contributed by atoms with Gasteiger partial charge in [0, 0.05) is 18.4 Å². The van der Waals surface area contributed by atoms with E-state index in [2.05, 4.69) is 9.71 Å². The summed E-state index contributed by atoms with van der Waals surface area (Å²) < 4.78 is 28.9. The molecule has 1 aromatic carbocycles. The van der Waals surface area contributed by atoms with E-state index in [4.69, 9.17) is 5.73 Å². The van der Waals surface area contributed by atoms with Gasteiger partial charge in [-0.05, 0) is 44.0 Å². The third kappa shape index (κ3) is 2.77. The van der Waals surface area contributed by atoms with Gasteiger partial charge in [0.2, 0.25) is 0 Å². The number of nitrogen functional groups attached to an aromatic ring is 1. The van der Waals surface area contributed by atoms with Gasteiger partial charge in [-0.1, -0.05) is 0 Å². The maximum absolute atomic E-state index is 12.3. The second kappa shape index (κ2) is 5.16. The van der Waals surface area contributed by atoms with Gasteiger partial charge in [-0.3, -0.25) is 4.72 Å². The minimum atomic E-state index is -3.68. The maximum Gasteiger partial charge on any atom is 0.280 e. The summed E-state index contributed by atoms with van der Waals surface area (Å²) >= 11 is 0. The smallest absolute Gasteiger partial charge is 0.280 e. The second-order valence-corrected chi connectivity index (χ2v) is 6.31. The van der Waals surface area contributed by atoms with E-state index in [1.807, 2.05) is 20.8 Å². The number of imidazole rings is 1. The predicted octanol–water partition coefficient (Wildman–Crippen LogP) is 1.90. The molecule has 0 unspecified atom stereocenters. The Hall–Kier alpha value is -2.02. The fraction of sp³-hybridized carbons (Fsp3) is 0.308. The molecule has 7 heteroatoms. The van der Waals surface area contributed by atoms with Gasteiger partial charge < -0.3 is 10.3 Å². The van der Waals surface area contributed by atoms with Crippen LogP contribution in [0.25, 0.3) is 0 Å². The lowest BCUT2D eigenvalue weighted by Gasteiger charge is -2.13. The monoisotopic (exact) mass is 294 g/mol. The van der Waals surface area contributed by atoms with Crippen molar-refractivity contribution in [3.8, 4) is 0 Å². The zero-order valence-electron chi connectivity index (χ0n) is 11.7. The number of anilines is 2. The lowest BCUT2D eigenvalue weighted by atomic mass is 10.1. The summed E-state index contributed by atoms with van der Waals surface area (Å²) in [4.78, 5) is 3.92. The zero-order chi connectivity index (χ0) is 14.9. The van der Waals surface area contributed by atoms with Crippen molar-refractivity contribution in [3.05, 3.63) is 35.8 Å². The highest BCUT2D eigenvalue weighted by Gasteiger charge is 2.19. The van der Waals surface area contributed by atoms with Crippen molar-refractivity contribution in [1.29, 1.82) is 0 Å². The van der Waals surface area contributed by atoms with Crippen LogP contribution in [0.2, 0.25) is 0 Å². The predicted molar refractivity (Wildman–Crippen MR) is 79.0 cm³/mol. The normalized spacial score (nSPS) is 11.6. The van der Waals surface area contributed by atoms with Gasteiger partial charge in [0.25, 0.3) is 10.0 Å². The van der Waals surface area contributed by atoms with Crippen LogP contribution < -0.4 is 10.5 Å². The van der Waals surface area contributed by atoms with Crippen molar-refractivity contribution >= 4 is 21.4 Å². The summed E-state index contributed by atoms with van der Waals surface area (Å²) in [5, 5.41) is 0.00924. The average molecular weight is 294 g/mol. The molecule has 1 aromatic heterocycles. The third-order valence-corrected chi connectivity index (χ3v) is 4.28. The minimum Gasteiger partial charge on any atom is -0.399 e. The van der Waals surface area contributed by atoms with Crippen LogP contribution >= 0.6 is 0 Å². The molecule has 0 atom stereocenters. The summed E-state index contributed by atoms with van der Waals surface area (Å²) in [5.74, 6) is 0. The number of nitrogens with one attached hydrogen (secondary N) is 1. The Bertz CT molecular complexity index is 712. The molecule has 0 aliphatic carbocycles. The Morgan fingerprint density at radius 1 is 1.30 bits per heavy atom. The first-order valence-electron chi connectivity index (χ1n) is 6.25. The van der Waals surface area contributed by atoms with Crippen LogP contribution in [0.15, 0.2) is 29.7 Å². The van der Waals surface area contributed by atoms with Gasteiger partial charge in [0.15, 0.2) is 5.03 Å². The molecule has 2 rings (SSSR count). The first kappa shape index (κ1) is 14.4. The maximum atomic E-state index is 12.3. The Morgan fingerprint density at radius 2 is 1.90 bits per heavy atom. The molecule has 0 amide bonds. The highest BCUT2D eigenvalue weighted by molar-refractivity contribution is 7.92. The lowest BCUT2D eigenvalue weighted by Crippen LogP contribution is -2.15. The van der Waals surface area contributed by atoms with Crippen molar-refractivity contribution in [3.63, 3.8) is 0 Å². The fourth-order valence-corrected chi connectivity index (χ4v) is 3.15. The molecule has 0 fully saturated rings. The number of aromatic nitrogens is 2. The van der Waals surface area contributed by atoms with E-state index in [0.29, 0.717) is 17.9 Å². The topological polar surface area (TPSA) is 90.0 Å². The number of aryl methyl sites for hydroxylation is 3. The molecular formula is C13H18N4O2S. The van der Waals surface area contributed by atoms with E-state index in [1.54, 1.807) is 16.7 Å². The van der Waals surface area contributed by atoms with Crippen LogP contribution in [0, 0.1) is 13.8 Å². The van der Waals surface area contributed by atoms with Gasteiger partial charge in [0.1, 0.15) is 0 Å². The van der Waals surface area contributed by atoms with Crippen LogP contribution in [0.4, 0.5) is 11.4 Å². The van der Waals surface area contributed by atoms with E-state index in [9.17, 15) is 8.42 Å². The summed E-state index contributed by atoms with van der Waals surface area (Å²) in [6.45, 7) is 6.21. The Morgan fingerprint density at radius 3 is 2.40 bits per heavy atom. The van der Waals surface area contributed by atoms with E-state index in [1.165, 1.54) is 12.5 Å². The molecule has 0 saturated carbocycles. The van der Waals surface area contributed by atoms with E-state index in [-0.39, 0.29) is 5.03 Å². The minimum absolute atomic E-state index is 0.00924. The number of hydrogen-bond donors (Lipinski definition) is 2. The summed E-state index contributed by atoms with van der Waals surface area (Å²) in [7, 11) is -3.68. The molecule has 0 bridgehead atoms. The van der Waals surface area contributed by atoms with Gasteiger partial charge in [0.05, 0.1) is 12.0 Å². The van der Waals surface area contributed by atoms with Crippen molar-refractivity contribution in [2.75, 3.05) is 10.5 Å². The van der Waals surface area contributed by atoms with Crippen molar-refractivity contribution < 1.29 is 8.42 Å². The highest BCUT2D eigenvalue weighted by atomic mass is 32.2. The molecule has 2 aromatic rings. The fourth-order valence-electron chi connectivity index (χ4n) is 2.00. The van der Waals surface area contributed by atoms with Crippen LogP contribution in [-0.2, 0) is 16.6 Å². The van der Waals surface area contributed by atoms with E-state index < -0.39 is 10.0 Å². The second-order valence-electron chi connectivity index (χ2n) is 4.68. The Balaban J connectivity index is 2.38. The molecule has 0 radical (unpaired) electrons. The summed E-state index contributed by atoms with van der Waals surface area (Å²) in [6.07, 6.45) is 3.00. The molecule has 0 saturated heterocycles. The highest BCUT2D eigenvalue weighted by Crippen LogP contribution is 2.25. The van der Waals surface area contributed by atoms with Gasteiger partial charge in [-0.2, -0.15) is 8.42 Å². The zero-order valence-corrected chi connectivity index (χ0v) is 12.5. The Labute approximate surface area is 118 Å². The number of rotatable bonds is 4.